The van der Waals surface area contributed by atoms with Gasteiger partial charge in [-0.15, -0.1) is 0 Å². The van der Waals surface area contributed by atoms with Gasteiger partial charge in [0.05, 0.1) is 0 Å². The summed E-state index contributed by atoms with van der Waals surface area (Å²) in [4.78, 5) is 16.6. The van der Waals surface area contributed by atoms with Gasteiger partial charge in [-0.05, 0) is 38.5 Å². The molecule has 1 saturated heterocycles. The molecule has 2 N–H and O–H groups in total. The Labute approximate surface area is 108 Å². The molecule has 18 heavy (non-hydrogen) atoms. The fourth-order valence-corrected chi connectivity index (χ4v) is 2.26. The van der Waals surface area contributed by atoms with Crippen molar-refractivity contribution in [3.8, 4) is 0 Å². The SMILES string of the molecule is O=C(NCCC1=CCCC1)NO[C@@H]1CCCCO1. The lowest BCUT2D eigenvalue weighted by molar-refractivity contribution is -0.186. The standard InChI is InChI=1S/C13H22N2O3/c16-13(14-9-8-11-5-1-2-6-11)15-18-12-7-3-4-10-17-12/h5,12H,1-4,6-10H2,(H2,14,15,16)/t12-/m1/s1. The van der Waals surface area contributed by atoms with E-state index in [1.54, 1.807) is 0 Å². The second-order valence-electron chi connectivity index (χ2n) is 4.78. The summed E-state index contributed by atoms with van der Waals surface area (Å²) in [5, 5.41) is 2.78. The molecular weight excluding hydrogens is 232 g/mol. The number of rotatable bonds is 5. The maximum absolute atomic E-state index is 11.4. The minimum absolute atomic E-state index is 0.289. The zero-order valence-electron chi connectivity index (χ0n) is 10.7. The fraction of sp³-hybridized carbons (Fsp3) is 0.769. The van der Waals surface area contributed by atoms with Gasteiger partial charge in [-0.2, -0.15) is 0 Å². The van der Waals surface area contributed by atoms with Gasteiger partial charge in [-0.25, -0.2) is 15.1 Å². The molecule has 2 rings (SSSR count). The average molecular weight is 254 g/mol. The van der Waals surface area contributed by atoms with Crippen molar-refractivity contribution < 1.29 is 14.4 Å². The molecular formula is C13H22N2O3. The van der Waals surface area contributed by atoms with Gasteiger partial charge in [0.2, 0.25) is 0 Å². The number of hydroxylamine groups is 1. The highest BCUT2D eigenvalue weighted by Gasteiger charge is 2.15. The van der Waals surface area contributed by atoms with Crippen LogP contribution in [0.3, 0.4) is 0 Å². The van der Waals surface area contributed by atoms with E-state index in [0.29, 0.717) is 13.2 Å². The number of hydrogen-bond donors (Lipinski definition) is 2. The summed E-state index contributed by atoms with van der Waals surface area (Å²) in [6.07, 6.45) is 9.53. The molecule has 0 aromatic rings. The highest BCUT2D eigenvalue weighted by atomic mass is 16.8. The molecule has 2 amide bonds. The molecule has 1 heterocycles. The van der Waals surface area contributed by atoms with Crippen LogP contribution < -0.4 is 10.8 Å². The Morgan fingerprint density at radius 1 is 1.44 bits per heavy atom. The summed E-state index contributed by atoms with van der Waals surface area (Å²) in [6, 6.07) is -0.289. The van der Waals surface area contributed by atoms with Crippen molar-refractivity contribution in [1.29, 1.82) is 0 Å². The van der Waals surface area contributed by atoms with Gasteiger partial charge in [-0.1, -0.05) is 11.6 Å². The summed E-state index contributed by atoms with van der Waals surface area (Å²) in [5.41, 5.74) is 3.83. The van der Waals surface area contributed by atoms with Crippen LogP contribution in [0.4, 0.5) is 4.79 Å². The summed E-state index contributed by atoms with van der Waals surface area (Å²) >= 11 is 0. The van der Waals surface area contributed by atoms with E-state index in [-0.39, 0.29) is 12.3 Å². The first-order valence-electron chi connectivity index (χ1n) is 6.83. The lowest BCUT2D eigenvalue weighted by Crippen LogP contribution is -2.40. The van der Waals surface area contributed by atoms with Crippen LogP contribution in [-0.4, -0.2) is 25.5 Å². The van der Waals surface area contributed by atoms with E-state index >= 15 is 0 Å². The van der Waals surface area contributed by atoms with Gasteiger partial charge < -0.3 is 10.1 Å². The summed E-state index contributed by atoms with van der Waals surface area (Å²) in [5.74, 6) is 0. The molecule has 0 spiro atoms. The predicted octanol–water partition coefficient (Wildman–Crippen LogP) is 2.24. The van der Waals surface area contributed by atoms with Gasteiger partial charge in [0.25, 0.3) is 0 Å². The molecule has 0 saturated carbocycles. The largest absolute Gasteiger partial charge is 0.350 e. The van der Waals surface area contributed by atoms with E-state index in [0.717, 1.165) is 25.7 Å². The highest BCUT2D eigenvalue weighted by Crippen LogP contribution is 2.19. The smallest absolute Gasteiger partial charge is 0.338 e. The van der Waals surface area contributed by atoms with E-state index in [2.05, 4.69) is 16.9 Å². The van der Waals surface area contributed by atoms with Crippen LogP contribution in [0.25, 0.3) is 0 Å². The molecule has 2 aliphatic rings. The van der Waals surface area contributed by atoms with Gasteiger partial charge in [0, 0.05) is 19.6 Å². The van der Waals surface area contributed by atoms with Crippen LogP contribution in [0.2, 0.25) is 0 Å². The van der Waals surface area contributed by atoms with E-state index in [1.165, 1.54) is 24.8 Å². The number of hydrogen-bond acceptors (Lipinski definition) is 3. The molecule has 5 heteroatoms. The second kappa shape index (κ2) is 7.38. The minimum Gasteiger partial charge on any atom is -0.350 e. The maximum Gasteiger partial charge on any atom is 0.338 e. The molecule has 1 aliphatic heterocycles. The van der Waals surface area contributed by atoms with E-state index < -0.39 is 0 Å². The predicted molar refractivity (Wildman–Crippen MR) is 67.8 cm³/mol. The topological polar surface area (TPSA) is 59.6 Å². The number of nitrogens with one attached hydrogen (secondary N) is 2. The Kier molecular flexibility index (Phi) is 5.48. The Hall–Kier alpha value is -1.07. The molecule has 0 unspecified atom stereocenters. The summed E-state index contributed by atoms with van der Waals surface area (Å²) < 4.78 is 5.34. The Morgan fingerprint density at radius 3 is 3.11 bits per heavy atom. The second-order valence-corrected chi connectivity index (χ2v) is 4.78. The zero-order valence-corrected chi connectivity index (χ0v) is 10.7. The van der Waals surface area contributed by atoms with Crippen molar-refractivity contribution in [2.75, 3.05) is 13.2 Å². The van der Waals surface area contributed by atoms with Crippen LogP contribution in [0.5, 0.6) is 0 Å². The van der Waals surface area contributed by atoms with Gasteiger partial charge in [-0.3, -0.25) is 0 Å². The Balaban J connectivity index is 1.51. The van der Waals surface area contributed by atoms with Crippen LogP contribution >= 0.6 is 0 Å². The van der Waals surface area contributed by atoms with Crippen molar-refractivity contribution in [2.24, 2.45) is 0 Å². The maximum atomic E-state index is 11.4. The first kappa shape index (κ1) is 13.4. The summed E-state index contributed by atoms with van der Waals surface area (Å²) in [6.45, 7) is 1.37. The summed E-state index contributed by atoms with van der Waals surface area (Å²) in [7, 11) is 0. The molecule has 0 radical (unpaired) electrons. The molecule has 0 bridgehead atoms. The van der Waals surface area contributed by atoms with Crippen molar-refractivity contribution >= 4 is 6.03 Å². The van der Waals surface area contributed by atoms with E-state index in [9.17, 15) is 4.79 Å². The van der Waals surface area contributed by atoms with Gasteiger partial charge in [0.1, 0.15) is 0 Å². The Morgan fingerprint density at radius 2 is 2.39 bits per heavy atom. The zero-order chi connectivity index (χ0) is 12.6. The van der Waals surface area contributed by atoms with Crippen LogP contribution in [0, 0.1) is 0 Å². The minimum atomic E-state index is -0.290. The Bertz CT molecular complexity index is 299. The van der Waals surface area contributed by atoms with Crippen molar-refractivity contribution in [3.63, 3.8) is 0 Å². The molecule has 1 fully saturated rings. The quantitative estimate of drug-likeness (QED) is 0.584. The van der Waals surface area contributed by atoms with Crippen LogP contribution in [-0.2, 0) is 9.57 Å². The van der Waals surface area contributed by atoms with Gasteiger partial charge in [0.15, 0.2) is 6.29 Å². The first-order valence-corrected chi connectivity index (χ1v) is 6.83. The van der Waals surface area contributed by atoms with Gasteiger partial charge >= 0.3 is 6.03 Å². The third-order valence-corrected chi connectivity index (χ3v) is 3.29. The van der Waals surface area contributed by atoms with Crippen molar-refractivity contribution in [1.82, 2.24) is 10.8 Å². The monoisotopic (exact) mass is 254 g/mol. The molecule has 0 aromatic carbocycles. The first-order chi connectivity index (χ1) is 8.84. The number of amides is 2. The number of urea groups is 1. The molecule has 5 nitrogen and oxygen atoms in total. The van der Waals surface area contributed by atoms with E-state index in [1.807, 2.05) is 0 Å². The van der Waals surface area contributed by atoms with Crippen LogP contribution in [0.15, 0.2) is 11.6 Å². The molecule has 1 aliphatic carbocycles. The molecule has 1 atom stereocenters. The number of ether oxygens (including phenoxy) is 1. The fourth-order valence-electron chi connectivity index (χ4n) is 2.26. The number of carbonyl (C=O) groups excluding carboxylic acids is 1. The number of carbonyl (C=O) groups is 1. The van der Waals surface area contributed by atoms with Crippen LogP contribution in [0.1, 0.15) is 44.9 Å². The molecule has 102 valence electrons. The lowest BCUT2D eigenvalue weighted by atomic mass is 10.2. The third-order valence-electron chi connectivity index (χ3n) is 3.29. The molecule has 0 aromatic heterocycles. The normalized spacial score (nSPS) is 23.6. The van der Waals surface area contributed by atoms with Crippen molar-refractivity contribution in [2.45, 2.75) is 51.2 Å². The third kappa shape index (κ3) is 4.66. The average Bonchev–Trinajstić information content (AvgIpc) is 2.91. The highest BCUT2D eigenvalue weighted by molar-refractivity contribution is 5.72. The lowest BCUT2D eigenvalue weighted by Gasteiger charge is -2.22. The number of allylic oxidation sites excluding steroid dienone is 1. The van der Waals surface area contributed by atoms with E-state index in [4.69, 9.17) is 9.57 Å². The van der Waals surface area contributed by atoms with Crippen molar-refractivity contribution in [3.05, 3.63) is 11.6 Å².